The maximum atomic E-state index is 5.85. The largest absolute Gasteiger partial charge is 0.494 e. The number of hydrogen-bond donors (Lipinski definition) is 1. The molecule has 0 bridgehead atoms. The fourth-order valence-corrected chi connectivity index (χ4v) is 2.68. The zero-order valence-electron chi connectivity index (χ0n) is 12.7. The van der Waals surface area contributed by atoms with Crippen LogP contribution in [0.15, 0.2) is 30.3 Å². The van der Waals surface area contributed by atoms with Crippen molar-refractivity contribution in [1.29, 1.82) is 0 Å². The van der Waals surface area contributed by atoms with Crippen molar-refractivity contribution in [3.8, 4) is 5.75 Å². The molecule has 1 saturated carbocycles. The third kappa shape index (κ3) is 4.80. The molecule has 0 radical (unpaired) electrons. The summed E-state index contributed by atoms with van der Waals surface area (Å²) < 4.78 is 10.9. The second kappa shape index (κ2) is 7.65. The molecular weight excluding hydrogens is 250 g/mol. The first kappa shape index (κ1) is 15.3. The van der Waals surface area contributed by atoms with Crippen LogP contribution < -0.4 is 10.1 Å². The molecule has 1 aromatic rings. The normalized spacial score (nSPS) is 17.7. The van der Waals surface area contributed by atoms with Gasteiger partial charge in [-0.25, -0.2) is 0 Å². The smallest absolute Gasteiger partial charge is 0.119 e. The van der Waals surface area contributed by atoms with E-state index in [0.717, 1.165) is 44.4 Å². The molecule has 1 aromatic carbocycles. The van der Waals surface area contributed by atoms with Crippen molar-refractivity contribution in [2.24, 2.45) is 11.3 Å². The highest BCUT2D eigenvalue weighted by molar-refractivity contribution is 5.20. The summed E-state index contributed by atoms with van der Waals surface area (Å²) in [4.78, 5) is 0. The highest BCUT2D eigenvalue weighted by Gasteiger charge is 2.40. The molecule has 0 saturated heterocycles. The number of ether oxygens (including phenoxy) is 2. The molecule has 1 N–H and O–H groups in total. The molecule has 0 aliphatic heterocycles. The van der Waals surface area contributed by atoms with Crippen LogP contribution in [-0.4, -0.2) is 33.4 Å². The minimum Gasteiger partial charge on any atom is -0.494 e. The Labute approximate surface area is 122 Å². The maximum Gasteiger partial charge on any atom is 0.119 e. The van der Waals surface area contributed by atoms with Gasteiger partial charge in [-0.15, -0.1) is 0 Å². The Kier molecular flexibility index (Phi) is 5.86. The molecule has 1 atom stereocenters. The van der Waals surface area contributed by atoms with Gasteiger partial charge in [0.05, 0.1) is 13.2 Å². The predicted molar refractivity (Wildman–Crippen MR) is 82.1 cm³/mol. The van der Waals surface area contributed by atoms with Gasteiger partial charge in [0.15, 0.2) is 0 Å². The number of benzene rings is 1. The van der Waals surface area contributed by atoms with Crippen molar-refractivity contribution in [2.75, 3.05) is 33.4 Å². The van der Waals surface area contributed by atoms with Crippen LogP contribution in [0.2, 0.25) is 0 Å². The minimum absolute atomic E-state index is 0.350. The topological polar surface area (TPSA) is 30.5 Å². The molecule has 112 valence electrons. The predicted octanol–water partition coefficient (Wildman–Crippen LogP) is 3.11. The Balaban J connectivity index is 1.74. The fourth-order valence-electron chi connectivity index (χ4n) is 2.68. The number of hydrogen-bond acceptors (Lipinski definition) is 3. The third-order valence-corrected chi connectivity index (χ3v) is 4.26. The standard InChI is InChI=1S/C17H27NO2/c1-17(15-8-9-15,14-18-11-13-19-2)10-12-20-16-6-4-3-5-7-16/h3-7,15,18H,8-14H2,1-2H3. The Morgan fingerprint density at radius 3 is 2.60 bits per heavy atom. The lowest BCUT2D eigenvalue weighted by Gasteiger charge is -2.30. The van der Waals surface area contributed by atoms with Crippen molar-refractivity contribution in [3.05, 3.63) is 30.3 Å². The van der Waals surface area contributed by atoms with Crippen LogP contribution in [0.1, 0.15) is 26.2 Å². The average Bonchev–Trinajstić information content (AvgIpc) is 3.30. The van der Waals surface area contributed by atoms with Gasteiger partial charge in [0, 0.05) is 20.2 Å². The van der Waals surface area contributed by atoms with Gasteiger partial charge in [0.1, 0.15) is 5.75 Å². The quantitative estimate of drug-likeness (QED) is 0.667. The van der Waals surface area contributed by atoms with E-state index < -0.39 is 0 Å². The van der Waals surface area contributed by atoms with Gasteiger partial charge in [-0.05, 0) is 42.7 Å². The second-order valence-corrected chi connectivity index (χ2v) is 6.01. The average molecular weight is 277 g/mol. The van der Waals surface area contributed by atoms with E-state index in [1.807, 2.05) is 30.3 Å². The van der Waals surface area contributed by atoms with Crippen LogP contribution >= 0.6 is 0 Å². The van der Waals surface area contributed by atoms with Gasteiger partial charge < -0.3 is 14.8 Å². The summed E-state index contributed by atoms with van der Waals surface area (Å²) in [6.45, 7) is 5.95. The van der Waals surface area contributed by atoms with Gasteiger partial charge >= 0.3 is 0 Å². The van der Waals surface area contributed by atoms with Crippen LogP contribution in [-0.2, 0) is 4.74 Å². The van der Waals surface area contributed by atoms with Crippen LogP contribution in [0.4, 0.5) is 0 Å². The number of methoxy groups -OCH3 is 1. The monoisotopic (exact) mass is 277 g/mol. The Morgan fingerprint density at radius 1 is 1.20 bits per heavy atom. The van der Waals surface area contributed by atoms with Gasteiger partial charge in [-0.2, -0.15) is 0 Å². The number of rotatable bonds is 10. The molecule has 0 heterocycles. The summed E-state index contributed by atoms with van der Waals surface area (Å²) in [5.74, 6) is 1.83. The van der Waals surface area contributed by atoms with Crippen molar-refractivity contribution in [2.45, 2.75) is 26.2 Å². The molecule has 0 spiro atoms. The molecule has 3 heteroatoms. The zero-order chi connectivity index (χ0) is 14.3. The Hall–Kier alpha value is -1.06. The summed E-state index contributed by atoms with van der Waals surface area (Å²) in [5, 5.41) is 3.52. The summed E-state index contributed by atoms with van der Waals surface area (Å²) in [5.41, 5.74) is 0.350. The molecule has 20 heavy (non-hydrogen) atoms. The lowest BCUT2D eigenvalue weighted by Crippen LogP contribution is -2.36. The van der Waals surface area contributed by atoms with Gasteiger partial charge in [0.25, 0.3) is 0 Å². The van der Waals surface area contributed by atoms with Crippen molar-refractivity contribution < 1.29 is 9.47 Å². The van der Waals surface area contributed by atoms with E-state index in [2.05, 4.69) is 12.2 Å². The highest BCUT2D eigenvalue weighted by atomic mass is 16.5. The van der Waals surface area contributed by atoms with Crippen LogP contribution in [0.25, 0.3) is 0 Å². The SMILES string of the molecule is COCCNCC(C)(CCOc1ccccc1)C1CC1. The maximum absolute atomic E-state index is 5.85. The lowest BCUT2D eigenvalue weighted by atomic mass is 9.81. The van der Waals surface area contributed by atoms with Gasteiger partial charge in [0.2, 0.25) is 0 Å². The third-order valence-electron chi connectivity index (χ3n) is 4.26. The van der Waals surface area contributed by atoms with E-state index in [9.17, 15) is 0 Å². The first-order chi connectivity index (χ1) is 9.74. The van der Waals surface area contributed by atoms with E-state index in [-0.39, 0.29) is 0 Å². The lowest BCUT2D eigenvalue weighted by molar-refractivity contribution is 0.164. The van der Waals surface area contributed by atoms with Gasteiger partial charge in [-0.1, -0.05) is 25.1 Å². The van der Waals surface area contributed by atoms with E-state index in [0.29, 0.717) is 5.41 Å². The molecule has 3 nitrogen and oxygen atoms in total. The Morgan fingerprint density at radius 2 is 1.95 bits per heavy atom. The van der Waals surface area contributed by atoms with Gasteiger partial charge in [-0.3, -0.25) is 0 Å². The van der Waals surface area contributed by atoms with Crippen molar-refractivity contribution >= 4 is 0 Å². The first-order valence-corrected chi connectivity index (χ1v) is 7.62. The number of nitrogens with one attached hydrogen (secondary N) is 1. The van der Waals surface area contributed by atoms with E-state index in [1.54, 1.807) is 7.11 Å². The Bertz CT molecular complexity index is 378. The molecule has 1 fully saturated rings. The molecule has 2 rings (SSSR count). The minimum atomic E-state index is 0.350. The molecule has 1 aliphatic rings. The fraction of sp³-hybridized carbons (Fsp3) is 0.647. The summed E-state index contributed by atoms with van der Waals surface area (Å²) in [6.07, 6.45) is 3.84. The highest BCUT2D eigenvalue weighted by Crippen LogP contribution is 2.47. The zero-order valence-corrected chi connectivity index (χ0v) is 12.7. The molecule has 0 aromatic heterocycles. The van der Waals surface area contributed by atoms with Crippen LogP contribution in [0.3, 0.4) is 0 Å². The molecule has 1 aliphatic carbocycles. The summed E-state index contributed by atoms with van der Waals surface area (Å²) in [6, 6.07) is 10.1. The molecule has 0 amide bonds. The summed E-state index contributed by atoms with van der Waals surface area (Å²) in [7, 11) is 1.75. The van der Waals surface area contributed by atoms with E-state index in [1.165, 1.54) is 12.8 Å². The number of para-hydroxylation sites is 1. The van der Waals surface area contributed by atoms with E-state index >= 15 is 0 Å². The van der Waals surface area contributed by atoms with Crippen molar-refractivity contribution in [3.63, 3.8) is 0 Å². The first-order valence-electron chi connectivity index (χ1n) is 7.62. The van der Waals surface area contributed by atoms with E-state index in [4.69, 9.17) is 9.47 Å². The molecular formula is C17H27NO2. The molecule has 1 unspecified atom stereocenters. The van der Waals surface area contributed by atoms with Crippen LogP contribution in [0, 0.1) is 11.3 Å². The van der Waals surface area contributed by atoms with Crippen molar-refractivity contribution in [1.82, 2.24) is 5.32 Å². The summed E-state index contributed by atoms with van der Waals surface area (Å²) >= 11 is 0. The van der Waals surface area contributed by atoms with Crippen LogP contribution in [0.5, 0.6) is 5.75 Å². The second-order valence-electron chi connectivity index (χ2n) is 6.01.